The van der Waals surface area contributed by atoms with Crippen molar-refractivity contribution in [1.82, 2.24) is 10.2 Å². The normalized spacial score (nSPS) is 15.2. The molecule has 0 saturated carbocycles. The molecule has 0 bridgehead atoms. The van der Waals surface area contributed by atoms with E-state index in [2.05, 4.69) is 16.3 Å². The highest BCUT2D eigenvalue weighted by Gasteiger charge is 2.22. The van der Waals surface area contributed by atoms with Crippen molar-refractivity contribution in [3.05, 3.63) is 24.3 Å². The SMILES string of the molecule is CCOc1ccccc1N1CCN(C(=O)NC(C)C)CC1. The monoisotopic (exact) mass is 291 g/mol. The van der Waals surface area contributed by atoms with Gasteiger partial charge >= 0.3 is 6.03 Å². The molecule has 116 valence electrons. The van der Waals surface area contributed by atoms with Crippen LogP contribution in [0, 0.1) is 0 Å². The molecule has 1 saturated heterocycles. The van der Waals surface area contributed by atoms with Gasteiger partial charge in [-0.15, -0.1) is 0 Å². The van der Waals surface area contributed by atoms with Gasteiger partial charge in [0.25, 0.3) is 0 Å². The standard InChI is InChI=1S/C16H25N3O2/c1-4-21-15-8-6-5-7-14(15)18-9-11-19(12-10-18)16(20)17-13(2)3/h5-8,13H,4,9-12H2,1-3H3,(H,17,20). The average molecular weight is 291 g/mol. The minimum absolute atomic E-state index is 0.0303. The summed E-state index contributed by atoms with van der Waals surface area (Å²) in [4.78, 5) is 16.1. The second kappa shape index (κ2) is 7.20. The fourth-order valence-corrected chi connectivity index (χ4v) is 2.48. The Hall–Kier alpha value is -1.91. The maximum Gasteiger partial charge on any atom is 0.317 e. The third kappa shape index (κ3) is 4.03. The predicted octanol–water partition coefficient (Wildman–Crippen LogP) is 2.33. The number of hydrogen-bond donors (Lipinski definition) is 1. The second-order valence-corrected chi connectivity index (χ2v) is 5.48. The van der Waals surface area contributed by atoms with Crippen LogP contribution in [0.4, 0.5) is 10.5 Å². The van der Waals surface area contributed by atoms with Crippen LogP contribution >= 0.6 is 0 Å². The lowest BCUT2D eigenvalue weighted by Gasteiger charge is -2.37. The maximum atomic E-state index is 12.0. The number of carbonyl (C=O) groups is 1. The predicted molar refractivity (Wildman–Crippen MR) is 85.1 cm³/mol. The maximum absolute atomic E-state index is 12.0. The van der Waals surface area contributed by atoms with Gasteiger partial charge in [0, 0.05) is 32.2 Å². The summed E-state index contributed by atoms with van der Waals surface area (Å²) in [6, 6.07) is 8.29. The zero-order valence-electron chi connectivity index (χ0n) is 13.1. The van der Waals surface area contributed by atoms with Crippen molar-refractivity contribution >= 4 is 11.7 Å². The van der Waals surface area contributed by atoms with E-state index in [-0.39, 0.29) is 12.1 Å². The fourth-order valence-electron chi connectivity index (χ4n) is 2.48. The Kier molecular flexibility index (Phi) is 5.31. The van der Waals surface area contributed by atoms with Crippen LogP contribution in [-0.2, 0) is 0 Å². The Morgan fingerprint density at radius 3 is 2.52 bits per heavy atom. The van der Waals surface area contributed by atoms with Crippen molar-refractivity contribution in [3.8, 4) is 5.75 Å². The molecule has 1 aromatic carbocycles. The summed E-state index contributed by atoms with van der Waals surface area (Å²) in [6.45, 7) is 9.74. The first kappa shape index (κ1) is 15.5. The highest BCUT2D eigenvalue weighted by Crippen LogP contribution is 2.28. The van der Waals surface area contributed by atoms with Gasteiger partial charge in [0.15, 0.2) is 0 Å². The molecule has 5 nitrogen and oxygen atoms in total. The quantitative estimate of drug-likeness (QED) is 0.926. The zero-order valence-corrected chi connectivity index (χ0v) is 13.1. The van der Waals surface area contributed by atoms with Crippen molar-refractivity contribution in [2.45, 2.75) is 26.8 Å². The first-order valence-corrected chi connectivity index (χ1v) is 7.64. The topological polar surface area (TPSA) is 44.8 Å². The van der Waals surface area contributed by atoms with Crippen LogP contribution in [0.3, 0.4) is 0 Å². The van der Waals surface area contributed by atoms with Crippen LogP contribution < -0.4 is 15.0 Å². The van der Waals surface area contributed by atoms with Gasteiger partial charge in [-0.2, -0.15) is 0 Å². The van der Waals surface area contributed by atoms with Gasteiger partial charge < -0.3 is 19.9 Å². The van der Waals surface area contributed by atoms with E-state index in [1.165, 1.54) is 0 Å². The smallest absolute Gasteiger partial charge is 0.317 e. The third-order valence-electron chi connectivity index (χ3n) is 3.48. The molecule has 0 atom stereocenters. The second-order valence-electron chi connectivity index (χ2n) is 5.48. The van der Waals surface area contributed by atoms with Gasteiger partial charge in [0.1, 0.15) is 5.75 Å². The molecule has 0 aliphatic carbocycles. The number of amides is 2. The molecule has 2 rings (SSSR count). The van der Waals surface area contributed by atoms with Crippen LogP contribution in [0.25, 0.3) is 0 Å². The van der Waals surface area contributed by atoms with Gasteiger partial charge in [-0.1, -0.05) is 12.1 Å². The van der Waals surface area contributed by atoms with E-state index in [9.17, 15) is 4.79 Å². The highest BCUT2D eigenvalue weighted by atomic mass is 16.5. The number of carbonyl (C=O) groups excluding carboxylic acids is 1. The van der Waals surface area contributed by atoms with Crippen LogP contribution in [0.15, 0.2) is 24.3 Å². The molecule has 1 aliphatic rings. The molecule has 1 N–H and O–H groups in total. The number of urea groups is 1. The summed E-state index contributed by atoms with van der Waals surface area (Å²) >= 11 is 0. The number of rotatable bonds is 4. The van der Waals surface area contributed by atoms with Gasteiger partial charge in [-0.05, 0) is 32.9 Å². The number of ether oxygens (including phenoxy) is 1. The third-order valence-corrected chi connectivity index (χ3v) is 3.48. The van der Waals surface area contributed by atoms with E-state index >= 15 is 0 Å². The van der Waals surface area contributed by atoms with Crippen molar-refractivity contribution < 1.29 is 9.53 Å². The number of anilines is 1. The molecule has 0 aromatic heterocycles. The average Bonchev–Trinajstić information content (AvgIpc) is 2.48. The molecule has 1 fully saturated rings. The van der Waals surface area contributed by atoms with E-state index < -0.39 is 0 Å². The molecule has 0 radical (unpaired) electrons. The van der Waals surface area contributed by atoms with Crippen molar-refractivity contribution in [2.24, 2.45) is 0 Å². The summed E-state index contributed by atoms with van der Waals surface area (Å²) in [7, 11) is 0. The lowest BCUT2D eigenvalue weighted by atomic mass is 10.2. The zero-order chi connectivity index (χ0) is 15.2. The van der Waals surface area contributed by atoms with E-state index in [0.717, 1.165) is 37.6 Å². The summed E-state index contributed by atoms with van der Waals surface area (Å²) < 4.78 is 5.68. The molecule has 1 heterocycles. The molecule has 5 heteroatoms. The van der Waals surface area contributed by atoms with Crippen LogP contribution in [-0.4, -0.2) is 49.8 Å². The number of piperazine rings is 1. The molecular weight excluding hydrogens is 266 g/mol. The Bertz CT molecular complexity index is 468. The minimum Gasteiger partial charge on any atom is -0.492 e. The highest BCUT2D eigenvalue weighted by molar-refractivity contribution is 5.75. The van der Waals surface area contributed by atoms with Gasteiger partial charge in [0.05, 0.1) is 12.3 Å². The molecule has 1 aliphatic heterocycles. The molecular formula is C16H25N3O2. The van der Waals surface area contributed by atoms with Crippen molar-refractivity contribution in [3.63, 3.8) is 0 Å². The lowest BCUT2D eigenvalue weighted by Crippen LogP contribution is -2.53. The molecule has 0 unspecified atom stereocenters. The summed E-state index contributed by atoms with van der Waals surface area (Å²) in [5.41, 5.74) is 1.11. The summed E-state index contributed by atoms with van der Waals surface area (Å²) in [5.74, 6) is 0.917. The number of hydrogen-bond acceptors (Lipinski definition) is 3. The summed E-state index contributed by atoms with van der Waals surface area (Å²) in [6.07, 6.45) is 0. The van der Waals surface area contributed by atoms with Gasteiger partial charge in [-0.25, -0.2) is 4.79 Å². The number of para-hydroxylation sites is 2. The molecule has 0 spiro atoms. The van der Waals surface area contributed by atoms with Crippen LogP contribution in [0.5, 0.6) is 5.75 Å². The Balaban J connectivity index is 1.96. The number of benzene rings is 1. The van der Waals surface area contributed by atoms with Gasteiger partial charge in [0.2, 0.25) is 0 Å². The van der Waals surface area contributed by atoms with Crippen LogP contribution in [0.1, 0.15) is 20.8 Å². The Morgan fingerprint density at radius 2 is 1.90 bits per heavy atom. The number of nitrogens with one attached hydrogen (secondary N) is 1. The molecule has 2 amide bonds. The van der Waals surface area contributed by atoms with Crippen molar-refractivity contribution in [2.75, 3.05) is 37.7 Å². The largest absolute Gasteiger partial charge is 0.492 e. The van der Waals surface area contributed by atoms with E-state index in [1.807, 2.05) is 43.9 Å². The molecule has 1 aromatic rings. The summed E-state index contributed by atoms with van der Waals surface area (Å²) in [5, 5.41) is 2.94. The van der Waals surface area contributed by atoms with E-state index in [1.54, 1.807) is 0 Å². The first-order chi connectivity index (χ1) is 10.1. The Labute approximate surface area is 126 Å². The lowest BCUT2D eigenvalue weighted by molar-refractivity contribution is 0.191. The van der Waals surface area contributed by atoms with Crippen LogP contribution in [0.2, 0.25) is 0 Å². The molecule has 21 heavy (non-hydrogen) atoms. The Morgan fingerprint density at radius 1 is 1.24 bits per heavy atom. The number of nitrogens with zero attached hydrogens (tertiary/aromatic N) is 2. The van der Waals surface area contributed by atoms with E-state index in [0.29, 0.717) is 6.61 Å². The van der Waals surface area contributed by atoms with E-state index in [4.69, 9.17) is 4.74 Å². The fraction of sp³-hybridized carbons (Fsp3) is 0.562. The first-order valence-electron chi connectivity index (χ1n) is 7.64. The van der Waals surface area contributed by atoms with Gasteiger partial charge in [-0.3, -0.25) is 0 Å². The minimum atomic E-state index is 0.0303. The van der Waals surface area contributed by atoms with Crippen molar-refractivity contribution in [1.29, 1.82) is 0 Å².